The first-order chi connectivity index (χ1) is 8.63. The predicted octanol–water partition coefficient (Wildman–Crippen LogP) is 2.93. The number of hydrogen-bond acceptors (Lipinski definition) is 2. The van der Waals surface area contributed by atoms with E-state index in [-0.39, 0.29) is 5.92 Å². The van der Waals surface area contributed by atoms with Crippen LogP contribution in [0.3, 0.4) is 0 Å². The molecule has 1 fully saturated rings. The zero-order chi connectivity index (χ0) is 13.5. The molecule has 3 heteroatoms. The van der Waals surface area contributed by atoms with E-state index in [1.165, 1.54) is 0 Å². The van der Waals surface area contributed by atoms with Gasteiger partial charge in [-0.25, -0.2) is 0 Å². The Balaban J connectivity index is 2.66. The summed E-state index contributed by atoms with van der Waals surface area (Å²) >= 11 is 0. The van der Waals surface area contributed by atoms with Crippen LogP contribution in [0.4, 0.5) is 0 Å². The highest BCUT2D eigenvalue weighted by Gasteiger charge is 2.29. The maximum atomic E-state index is 12.6. The molecule has 1 aliphatic carbocycles. The van der Waals surface area contributed by atoms with Gasteiger partial charge in [0.15, 0.2) is 0 Å². The van der Waals surface area contributed by atoms with Crippen LogP contribution < -0.4 is 5.73 Å². The van der Waals surface area contributed by atoms with Gasteiger partial charge in [0.25, 0.3) is 0 Å². The molecule has 0 atom stereocenters. The Bertz CT molecular complexity index is 243. The van der Waals surface area contributed by atoms with E-state index in [4.69, 9.17) is 5.73 Å². The van der Waals surface area contributed by atoms with Crippen LogP contribution in [0, 0.1) is 5.92 Å². The fourth-order valence-electron chi connectivity index (χ4n) is 3.00. The zero-order valence-electron chi connectivity index (χ0n) is 12.3. The topological polar surface area (TPSA) is 46.3 Å². The van der Waals surface area contributed by atoms with Gasteiger partial charge in [-0.15, -0.1) is 0 Å². The smallest absolute Gasteiger partial charge is 0.225 e. The molecule has 1 saturated carbocycles. The Morgan fingerprint density at radius 3 is 2.17 bits per heavy atom. The first-order valence-corrected chi connectivity index (χ1v) is 7.69. The summed E-state index contributed by atoms with van der Waals surface area (Å²) in [7, 11) is 0. The van der Waals surface area contributed by atoms with E-state index < -0.39 is 0 Å². The minimum atomic E-state index is 0.215. The van der Waals surface area contributed by atoms with Gasteiger partial charge < -0.3 is 10.6 Å². The summed E-state index contributed by atoms with van der Waals surface area (Å²) in [5.74, 6) is 0.592. The van der Waals surface area contributed by atoms with Crippen molar-refractivity contribution in [3.05, 3.63) is 0 Å². The van der Waals surface area contributed by atoms with Gasteiger partial charge in [-0.2, -0.15) is 0 Å². The number of carbonyl (C=O) groups is 1. The van der Waals surface area contributed by atoms with Gasteiger partial charge in [-0.3, -0.25) is 4.79 Å². The second-order valence-corrected chi connectivity index (χ2v) is 5.61. The Labute approximate surface area is 112 Å². The van der Waals surface area contributed by atoms with Gasteiger partial charge in [0, 0.05) is 24.5 Å². The van der Waals surface area contributed by atoms with E-state index in [9.17, 15) is 4.79 Å². The predicted molar refractivity (Wildman–Crippen MR) is 76.3 cm³/mol. The molecule has 0 aromatic heterocycles. The van der Waals surface area contributed by atoms with Crippen molar-refractivity contribution < 1.29 is 4.79 Å². The average Bonchev–Trinajstić information content (AvgIpc) is 2.38. The molecular formula is C15H30N2O. The lowest BCUT2D eigenvalue weighted by Gasteiger charge is -2.37. The summed E-state index contributed by atoms with van der Waals surface area (Å²) < 4.78 is 0. The molecule has 1 aliphatic rings. The van der Waals surface area contributed by atoms with Crippen molar-refractivity contribution in [3.8, 4) is 0 Å². The lowest BCUT2D eigenvalue weighted by atomic mass is 9.89. The first kappa shape index (κ1) is 15.5. The fourth-order valence-corrected chi connectivity index (χ4v) is 3.00. The number of nitrogens with zero attached hydrogens (tertiary/aromatic N) is 1. The molecule has 2 N–H and O–H groups in total. The molecule has 0 unspecified atom stereocenters. The zero-order valence-corrected chi connectivity index (χ0v) is 12.3. The minimum absolute atomic E-state index is 0.215. The molecule has 0 saturated heterocycles. The largest absolute Gasteiger partial charge is 0.339 e. The SMILES string of the molecule is CCCN(C(=O)C(CC)CC)C1CCC(N)CC1. The lowest BCUT2D eigenvalue weighted by molar-refractivity contribution is -0.139. The second kappa shape index (κ2) is 7.78. The summed E-state index contributed by atoms with van der Waals surface area (Å²) in [6, 6.07) is 0.797. The normalized spacial score (nSPS) is 24.3. The van der Waals surface area contributed by atoms with Crippen molar-refractivity contribution in [2.75, 3.05) is 6.54 Å². The number of rotatable bonds is 6. The number of carbonyl (C=O) groups excluding carboxylic acids is 1. The van der Waals surface area contributed by atoms with E-state index in [1.807, 2.05) is 0 Å². The van der Waals surface area contributed by atoms with E-state index >= 15 is 0 Å². The van der Waals surface area contributed by atoms with Gasteiger partial charge >= 0.3 is 0 Å². The quantitative estimate of drug-likeness (QED) is 0.792. The summed E-state index contributed by atoms with van der Waals surface area (Å²) in [5, 5.41) is 0. The van der Waals surface area contributed by atoms with Gasteiger partial charge in [0.05, 0.1) is 0 Å². The summed E-state index contributed by atoms with van der Waals surface area (Å²) in [6.07, 6.45) is 7.29. The van der Waals surface area contributed by atoms with Crippen molar-refractivity contribution in [1.82, 2.24) is 4.90 Å². The van der Waals surface area contributed by atoms with Crippen molar-refractivity contribution in [3.63, 3.8) is 0 Å². The molecule has 0 spiro atoms. The molecule has 1 amide bonds. The molecule has 0 heterocycles. The van der Waals surface area contributed by atoms with Crippen LogP contribution in [-0.4, -0.2) is 29.4 Å². The van der Waals surface area contributed by atoms with Gasteiger partial charge in [0.1, 0.15) is 0 Å². The Morgan fingerprint density at radius 2 is 1.72 bits per heavy atom. The highest BCUT2D eigenvalue weighted by atomic mass is 16.2. The third-order valence-corrected chi connectivity index (χ3v) is 4.26. The molecule has 0 aromatic carbocycles. The molecule has 1 rings (SSSR count). The van der Waals surface area contributed by atoms with Gasteiger partial charge in [0.2, 0.25) is 5.91 Å². The van der Waals surface area contributed by atoms with Crippen LogP contribution in [0.25, 0.3) is 0 Å². The second-order valence-electron chi connectivity index (χ2n) is 5.61. The van der Waals surface area contributed by atoms with Crippen LogP contribution >= 0.6 is 0 Å². The summed E-state index contributed by atoms with van der Waals surface area (Å²) in [6.45, 7) is 7.30. The number of nitrogens with two attached hydrogens (primary N) is 1. The van der Waals surface area contributed by atoms with Crippen LogP contribution in [0.15, 0.2) is 0 Å². The molecule has 18 heavy (non-hydrogen) atoms. The third kappa shape index (κ3) is 3.98. The highest BCUT2D eigenvalue weighted by Crippen LogP contribution is 2.25. The Hall–Kier alpha value is -0.570. The molecular weight excluding hydrogens is 224 g/mol. The highest BCUT2D eigenvalue weighted by molar-refractivity contribution is 5.79. The Morgan fingerprint density at radius 1 is 1.17 bits per heavy atom. The summed E-state index contributed by atoms with van der Waals surface area (Å²) in [4.78, 5) is 14.7. The van der Waals surface area contributed by atoms with Crippen LogP contribution in [-0.2, 0) is 4.79 Å². The number of hydrogen-bond donors (Lipinski definition) is 1. The maximum absolute atomic E-state index is 12.6. The van der Waals surface area contributed by atoms with E-state index in [0.29, 0.717) is 18.0 Å². The van der Waals surface area contributed by atoms with Crippen LogP contribution in [0.2, 0.25) is 0 Å². The molecule has 0 radical (unpaired) electrons. The molecule has 3 nitrogen and oxygen atoms in total. The van der Waals surface area contributed by atoms with Crippen molar-refractivity contribution in [2.45, 2.75) is 77.8 Å². The first-order valence-electron chi connectivity index (χ1n) is 7.69. The van der Waals surface area contributed by atoms with E-state index in [0.717, 1.165) is 51.5 Å². The van der Waals surface area contributed by atoms with Crippen LogP contribution in [0.5, 0.6) is 0 Å². The minimum Gasteiger partial charge on any atom is -0.339 e. The molecule has 0 aromatic rings. The molecule has 0 bridgehead atoms. The van der Waals surface area contributed by atoms with Crippen LogP contribution in [0.1, 0.15) is 65.7 Å². The van der Waals surface area contributed by atoms with Gasteiger partial charge in [-0.05, 0) is 44.9 Å². The van der Waals surface area contributed by atoms with Gasteiger partial charge in [-0.1, -0.05) is 20.8 Å². The third-order valence-electron chi connectivity index (χ3n) is 4.26. The molecule has 106 valence electrons. The standard InChI is InChI=1S/C15H30N2O/c1-4-11-17(15(18)12(5-2)6-3)14-9-7-13(16)8-10-14/h12-14H,4-11,16H2,1-3H3. The lowest BCUT2D eigenvalue weighted by Crippen LogP contribution is -2.46. The monoisotopic (exact) mass is 254 g/mol. The van der Waals surface area contributed by atoms with E-state index in [2.05, 4.69) is 25.7 Å². The fraction of sp³-hybridized carbons (Fsp3) is 0.933. The van der Waals surface area contributed by atoms with Crippen molar-refractivity contribution in [2.24, 2.45) is 11.7 Å². The average molecular weight is 254 g/mol. The Kier molecular flexibility index (Phi) is 6.69. The van der Waals surface area contributed by atoms with Crippen molar-refractivity contribution >= 4 is 5.91 Å². The van der Waals surface area contributed by atoms with E-state index in [1.54, 1.807) is 0 Å². The summed E-state index contributed by atoms with van der Waals surface area (Å²) in [5.41, 5.74) is 5.96. The molecule has 0 aliphatic heterocycles. The number of amides is 1. The maximum Gasteiger partial charge on any atom is 0.225 e. The van der Waals surface area contributed by atoms with Crippen molar-refractivity contribution in [1.29, 1.82) is 0 Å².